The zero-order chi connectivity index (χ0) is 20.4. The van der Waals surface area contributed by atoms with Gasteiger partial charge in [-0.05, 0) is 69.1 Å². The molecule has 0 saturated carbocycles. The highest BCUT2D eigenvalue weighted by molar-refractivity contribution is 6.20. The fourth-order valence-corrected chi connectivity index (χ4v) is 4.87. The summed E-state index contributed by atoms with van der Waals surface area (Å²) >= 11 is 0. The summed E-state index contributed by atoms with van der Waals surface area (Å²) in [4.78, 5) is 4.56. The zero-order valence-corrected chi connectivity index (χ0v) is 16.7. The van der Waals surface area contributed by atoms with Crippen molar-refractivity contribution in [3.63, 3.8) is 0 Å². The molecular formula is C29H17NO. The van der Waals surface area contributed by atoms with Crippen molar-refractivity contribution in [2.24, 2.45) is 0 Å². The highest BCUT2D eigenvalue weighted by atomic mass is 16.3. The predicted octanol–water partition coefficient (Wildman–Crippen LogP) is 8.11. The van der Waals surface area contributed by atoms with Crippen LogP contribution in [0.3, 0.4) is 0 Å². The van der Waals surface area contributed by atoms with Crippen molar-refractivity contribution in [3.05, 3.63) is 103 Å². The average molecular weight is 395 g/mol. The number of aromatic nitrogens is 1. The number of furan rings is 1. The van der Waals surface area contributed by atoms with E-state index in [4.69, 9.17) is 4.42 Å². The summed E-state index contributed by atoms with van der Waals surface area (Å²) < 4.78 is 6.17. The molecule has 0 fully saturated rings. The van der Waals surface area contributed by atoms with E-state index in [1.807, 2.05) is 24.4 Å². The van der Waals surface area contributed by atoms with Gasteiger partial charge in [0.05, 0.1) is 5.52 Å². The number of fused-ring (bicyclic) bond motifs is 8. The Labute approximate surface area is 178 Å². The van der Waals surface area contributed by atoms with Crippen molar-refractivity contribution in [3.8, 4) is 11.1 Å². The lowest BCUT2D eigenvalue weighted by molar-refractivity contribution is 0.669. The summed E-state index contributed by atoms with van der Waals surface area (Å²) in [7, 11) is 0. The van der Waals surface area contributed by atoms with Gasteiger partial charge in [0.1, 0.15) is 11.2 Å². The number of rotatable bonds is 1. The van der Waals surface area contributed by atoms with Crippen LogP contribution in [0.1, 0.15) is 0 Å². The van der Waals surface area contributed by atoms with E-state index in [0.29, 0.717) is 0 Å². The topological polar surface area (TPSA) is 26.0 Å². The van der Waals surface area contributed by atoms with Crippen molar-refractivity contribution >= 4 is 54.4 Å². The van der Waals surface area contributed by atoms with Gasteiger partial charge in [-0.1, -0.05) is 60.7 Å². The van der Waals surface area contributed by atoms with Crippen LogP contribution < -0.4 is 0 Å². The Balaban J connectivity index is 1.60. The minimum absolute atomic E-state index is 0.919. The normalized spacial score (nSPS) is 11.9. The highest BCUT2D eigenvalue weighted by Crippen LogP contribution is 2.39. The van der Waals surface area contributed by atoms with Crippen LogP contribution in [-0.2, 0) is 0 Å². The molecule has 5 aromatic carbocycles. The van der Waals surface area contributed by atoms with Gasteiger partial charge in [-0.15, -0.1) is 0 Å². The van der Waals surface area contributed by atoms with Gasteiger partial charge < -0.3 is 4.42 Å². The SMILES string of the molecule is c1ccc2c(c1)oc1cc(-c3cc4c5cccnc5ccc4c4ccccc34)ccc12. The predicted molar refractivity (Wildman–Crippen MR) is 129 cm³/mol. The number of pyridine rings is 1. The van der Waals surface area contributed by atoms with Crippen molar-refractivity contribution in [1.29, 1.82) is 0 Å². The molecule has 0 aliphatic rings. The minimum Gasteiger partial charge on any atom is -0.456 e. The van der Waals surface area contributed by atoms with Crippen molar-refractivity contribution in [2.45, 2.75) is 0 Å². The number of benzene rings is 5. The molecule has 7 rings (SSSR count). The zero-order valence-electron chi connectivity index (χ0n) is 16.7. The maximum absolute atomic E-state index is 6.17. The monoisotopic (exact) mass is 395 g/mol. The van der Waals surface area contributed by atoms with Crippen molar-refractivity contribution in [2.75, 3.05) is 0 Å². The van der Waals surface area contributed by atoms with E-state index in [0.717, 1.165) is 33.0 Å². The molecule has 0 unspecified atom stereocenters. The molecular weight excluding hydrogens is 378 g/mol. The van der Waals surface area contributed by atoms with Crippen molar-refractivity contribution in [1.82, 2.24) is 4.98 Å². The van der Waals surface area contributed by atoms with Gasteiger partial charge >= 0.3 is 0 Å². The summed E-state index contributed by atoms with van der Waals surface area (Å²) in [6.07, 6.45) is 1.85. The second-order valence-corrected chi connectivity index (χ2v) is 8.01. The third-order valence-corrected chi connectivity index (χ3v) is 6.31. The molecule has 0 aliphatic carbocycles. The molecule has 0 amide bonds. The van der Waals surface area contributed by atoms with Gasteiger partial charge in [-0.3, -0.25) is 4.98 Å². The Bertz CT molecular complexity index is 1790. The number of hydrogen-bond acceptors (Lipinski definition) is 2. The van der Waals surface area contributed by atoms with Crippen LogP contribution in [0, 0.1) is 0 Å². The van der Waals surface area contributed by atoms with E-state index in [-0.39, 0.29) is 0 Å². The van der Waals surface area contributed by atoms with E-state index in [1.165, 1.54) is 32.5 Å². The van der Waals surface area contributed by atoms with Crippen LogP contribution >= 0.6 is 0 Å². The van der Waals surface area contributed by atoms with Gasteiger partial charge in [0.25, 0.3) is 0 Å². The second-order valence-electron chi connectivity index (χ2n) is 8.01. The first-order valence-corrected chi connectivity index (χ1v) is 10.5. The second kappa shape index (κ2) is 6.16. The Morgan fingerprint density at radius 2 is 1.19 bits per heavy atom. The fraction of sp³-hybridized carbons (Fsp3) is 0. The molecule has 0 atom stereocenters. The molecule has 0 aliphatic heterocycles. The molecule has 0 bridgehead atoms. The molecule has 144 valence electrons. The molecule has 2 heteroatoms. The van der Waals surface area contributed by atoms with Crippen LogP contribution in [0.25, 0.3) is 65.5 Å². The fourth-order valence-electron chi connectivity index (χ4n) is 4.87. The number of para-hydroxylation sites is 1. The van der Waals surface area contributed by atoms with Crippen molar-refractivity contribution < 1.29 is 4.42 Å². The first-order chi connectivity index (χ1) is 15.4. The number of hydrogen-bond donors (Lipinski definition) is 0. The van der Waals surface area contributed by atoms with Gasteiger partial charge in [-0.2, -0.15) is 0 Å². The molecule has 31 heavy (non-hydrogen) atoms. The third-order valence-electron chi connectivity index (χ3n) is 6.31. The lowest BCUT2D eigenvalue weighted by Crippen LogP contribution is -1.87. The average Bonchev–Trinajstić information content (AvgIpc) is 3.21. The molecule has 7 aromatic rings. The summed E-state index contributed by atoms with van der Waals surface area (Å²) in [5.41, 5.74) is 5.23. The Kier molecular flexibility index (Phi) is 3.30. The first kappa shape index (κ1) is 16.6. The molecule has 0 spiro atoms. The third kappa shape index (κ3) is 2.36. The molecule has 0 radical (unpaired) electrons. The standard InChI is InChI=1S/C29H17NO/c1-2-7-20-19(6-1)21-13-14-27-22(9-5-15-30-27)26(21)17-25(20)18-11-12-24-23-8-3-4-10-28(23)31-29(24)16-18/h1-17H. The van der Waals surface area contributed by atoms with Gasteiger partial charge in [-0.25, -0.2) is 0 Å². The Morgan fingerprint density at radius 3 is 2.13 bits per heavy atom. The van der Waals surface area contributed by atoms with Crippen LogP contribution in [-0.4, -0.2) is 4.98 Å². The van der Waals surface area contributed by atoms with Crippen LogP contribution in [0.2, 0.25) is 0 Å². The first-order valence-electron chi connectivity index (χ1n) is 10.5. The maximum atomic E-state index is 6.17. The van der Waals surface area contributed by atoms with E-state index < -0.39 is 0 Å². The van der Waals surface area contributed by atoms with E-state index in [9.17, 15) is 0 Å². The smallest absolute Gasteiger partial charge is 0.136 e. The lowest BCUT2D eigenvalue weighted by Gasteiger charge is -2.12. The number of nitrogens with zero attached hydrogens (tertiary/aromatic N) is 1. The largest absolute Gasteiger partial charge is 0.456 e. The highest BCUT2D eigenvalue weighted by Gasteiger charge is 2.13. The van der Waals surface area contributed by atoms with E-state index in [1.54, 1.807) is 0 Å². The van der Waals surface area contributed by atoms with Gasteiger partial charge in [0.15, 0.2) is 0 Å². The van der Waals surface area contributed by atoms with E-state index >= 15 is 0 Å². The summed E-state index contributed by atoms with van der Waals surface area (Å²) in [5.74, 6) is 0. The van der Waals surface area contributed by atoms with E-state index in [2.05, 4.69) is 83.8 Å². The molecule has 2 nitrogen and oxygen atoms in total. The molecule has 0 saturated heterocycles. The Hall–Kier alpha value is -4.17. The van der Waals surface area contributed by atoms with Crippen LogP contribution in [0.4, 0.5) is 0 Å². The summed E-state index contributed by atoms with van der Waals surface area (Å²) in [6, 6.07) is 34.2. The van der Waals surface area contributed by atoms with Crippen LogP contribution in [0.5, 0.6) is 0 Å². The molecule has 0 N–H and O–H groups in total. The lowest BCUT2D eigenvalue weighted by atomic mass is 9.91. The summed E-state index contributed by atoms with van der Waals surface area (Å²) in [6.45, 7) is 0. The summed E-state index contributed by atoms with van der Waals surface area (Å²) in [5, 5.41) is 8.47. The molecule has 2 heterocycles. The van der Waals surface area contributed by atoms with Gasteiger partial charge in [0.2, 0.25) is 0 Å². The minimum atomic E-state index is 0.919. The van der Waals surface area contributed by atoms with Gasteiger partial charge in [0, 0.05) is 22.4 Å². The maximum Gasteiger partial charge on any atom is 0.136 e. The van der Waals surface area contributed by atoms with Crippen LogP contribution in [0.15, 0.2) is 108 Å². The quantitative estimate of drug-likeness (QED) is 0.262. The molecule has 2 aromatic heterocycles. The Morgan fingerprint density at radius 1 is 0.484 bits per heavy atom.